The highest BCUT2D eigenvalue weighted by Gasteiger charge is 2.05. The van der Waals surface area contributed by atoms with E-state index in [0.717, 1.165) is 25.1 Å². The highest BCUT2D eigenvalue weighted by atomic mass is 16.2. The molecule has 1 aromatic carbocycles. The number of hydrogen-bond acceptors (Lipinski definition) is 3. The van der Waals surface area contributed by atoms with E-state index in [2.05, 4.69) is 24.5 Å². The third-order valence-electron chi connectivity index (χ3n) is 2.87. The summed E-state index contributed by atoms with van der Waals surface area (Å²) in [6.07, 6.45) is 1.15. The quantitative estimate of drug-likeness (QED) is 0.621. The van der Waals surface area contributed by atoms with Gasteiger partial charge in [0, 0.05) is 12.1 Å². The van der Waals surface area contributed by atoms with E-state index in [1.807, 2.05) is 12.1 Å². The van der Waals surface area contributed by atoms with Gasteiger partial charge in [-0.1, -0.05) is 26.0 Å². The number of hydrogen-bond donors (Lipinski definition) is 3. The molecular formula is C15H23N3O2. The molecule has 110 valence electrons. The molecule has 20 heavy (non-hydrogen) atoms. The number of benzene rings is 1. The van der Waals surface area contributed by atoms with E-state index in [9.17, 15) is 9.59 Å². The predicted molar refractivity (Wildman–Crippen MR) is 79.1 cm³/mol. The van der Waals surface area contributed by atoms with Gasteiger partial charge in [0.05, 0.1) is 6.54 Å². The lowest BCUT2D eigenvalue weighted by Crippen LogP contribution is -2.33. The Hall–Kier alpha value is -1.88. The second kappa shape index (κ2) is 8.32. The Morgan fingerprint density at radius 2 is 1.85 bits per heavy atom. The Labute approximate surface area is 119 Å². The number of amides is 2. The number of rotatable bonds is 8. The summed E-state index contributed by atoms with van der Waals surface area (Å²) >= 11 is 0. The highest BCUT2D eigenvalue weighted by molar-refractivity contribution is 5.96. The lowest BCUT2D eigenvalue weighted by atomic mass is 10.1. The molecule has 5 nitrogen and oxygen atoms in total. The van der Waals surface area contributed by atoms with Crippen LogP contribution in [0.5, 0.6) is 0 Å². The van der Waals surface area contributed by atoms with Crippen LogP contribution >= 0.6 is 0 Å². The van der Waals surface area contributed by atoms with E-state index in [1.54, 1.807) is 12.1 Å². The average molecular weight is 277 g/mol. The van der Waals surface area contributed by atoms with E-state index >= 15 is 0 Å². The lowest BCUT2D eigenvalue weighted by molar-refractivity contribution is -0.117. The minimum atomic E-state index is -0.552. The van der Waals surface area contributed by atoms with Crippen LogP contribution in [0.25, 0.3) is 0 Å². The minimum absolute atomic E-state index is 0.142. The number of carbonyl (C=O) groups is 2. The van der Waals surface area contributed by atoms with Crippen LogP contribution in [0, 0.1) is 5.92 Å². The van der Waals surface area contributed by atoms with Crippen LogP contribution in [0.15, 0.2) is 24.3 Å². The zero-order chi connectivity index (χ0) is 15.0. The molecule has 4 N–H and O–H groups in total. The lowest BCUT2D eigenvalue weighted by Gasteiger charge is -2.08. The molecule has 0 aliphatic carbocycles. The topological polar surface area (TPSA) is 84.2 Å². The van der Waals surface area contributed by atoms with Gasteiger partial charge in [-0.15, -0.1) is 0 Å². The van der Waals surface area contributed by atoms with Crippen molar-refractivity contribution < 1.29 is 9.59 Å². The normalized spacial score (nSPS) is 10.6. The van der Waals surface area contributed by atoms with Gasteiger partial charge in [-0.25, -0.2) is 0 Å². The standard InChI is InChI=1S/C15H23N3O2/c1-11(2)7-8-17-9-12-3-5-13(6-4-12)15(20)18-10-14(16)19/h3-6,11,17H,7-10H2,1-2H3,(H2,16,19)(H,18,20). The van der Waals surface area contributed by atoms with E-state index in [4.69, 9.17) is 5.73 Å². The van der Waals surface area contributed by atoms with Crippen molar-refractivity contribution in [3.8, 4) is 0 Å². The molecular weight excluding hydrogens is 254 g/mol. The molecule has 0 radical (unpaired) electrons. The van der Waals surface area contributed by atoms with Crippen LogP contribution in [-0.2, 0) is 11.3 Å². The average Bonchev–Trinajstić information content (AvgIpc) is 2.41. The third-order valence-corrected chi connectivity index (χ3v) is 2.87. The Bertz CT molecular complexity index is 441. The van der Waals surface area contributed by atoms with Gasteiger partial charge in [-0.3, -0.25) is 9.59 Å². The fraction of sp³-hybridized carbons (Fsp3) is 0.467. The molecule has 0 saturated heterocycles. The Kier molecular flexibility index (Phi) is 6.73. The molecule has 0 heterocycles. The zero-order valence-electron chi connectivity index (χ0n) is 12.1. The number of nitrogens with two attached hydrogens (primary N) is 1. The zero-order valence-corrected chi connectivity index (χ0v) is 12.1. The van der Waals surface area contributed by atoms with Crippen molar-refractivity contribution in [3.05, 3.63) is 35.4 Å². The van der Waals surface area contributed by atoms with Crippen molar-refractivity contribution in [2.75, 3.05) is 13.1 Å². The molecule has 0 saturated carbocycles. The highest BCUT2D eigenvalue weighted by Crippen LogP contribution is 2.05. The van der Waals surface area contributed by atoms with Gasteiger partial charge in [-0.05, 0) is 36.6 Å². The van der Waals surface area contributed by atoms with Gasteiger partial charge in [0.25, 0.3) is 5.91 Å². The molecule has 0 bridgehead atoms. The van der Waals surface area contributed by atoms with Gasteiger partial charge in [0.15, 0.2) is 0 Å². The van der Waals surface area contributed by atoms with Crippen LogP contribution < -0.4 is 16.4 Å². The summed E-state index contributed by atoms with van der Waals surface area (Å²) in [7, 11) is 0. The molecule has 0 atom stereocenters. The minimum Gasteiger partial charge on any atom is -0.368 e. The predicted octanol–water partition coefficient (Wildman–Crippen LogP) is 1.04. The second-order valence-electron chi connectivity index (χ2n) is 5.21. The Balaban J connectivity index is 2.39. The van der Waals surface area contributed by atoms with E-state index < -0.39 is 5.91 Å². The molecule has 5 heteroatoms. The Morgan fingerprint density at radius 1 is 1.20 bits per heavy atom. The molecule has 1 rings (SSSR count). The van der Waals surface area contributed by atoms with Crippen LogP contribution in [-0.4, -0.2) is 24.9 Å². The molecule has 0 spiro atoms. The van der Waals surface area contributed by atoms with Crippen molar-refractivity contribution in [1.82, 2.24) is 10.6 Å². The summed E-state index contributed by atoms with van der Waals surface area (Å²) in [5.41, 5.74) is 6.62. The molecule has 0 unspecified atom stereocenters. The fourth-order valence-corrected chi connectivity index (χ4v) is 1.67. The summed E-state index contributed by atoms with van der Waals surface area (Å²) in [5, 5.41) is 5.81. The first kappa shape index (κ1) is 16.2. The molecule has 1 aromatic rings. The maximum absolute atomic E-state index is 11.7. The first-order valence-corrected chi connectivity index (χ1v) is 6.85. The summed E-state index contributed by atoms with van der Waals surface area (Å²) in [6.45, 7) is 6.02. The number of carbonyl (C=O) groups excluding carboxylic acids is 2. The van der Waals surface area contributed by atoms with Gasteiger partial charge in [0.2, 0.25) is 5.91 Å². The summed E-state index contributed by atoms with van der Waals surface area (Å²) in [4.78, 5) is 22.2. The van der Waals surface area contributed by atoms with Crippen molar-refractivity contribution in [3.63, 3.8) is 0 Å². The fourth-order valence-electron chi connectivity index (χ4n) is 1.67. The van der Waals surface area contributed by atoms with Crippen LogP contribution in [0.1, 0.15) is 36.2 Å². The van der Waals surface area contributed by atoms with Crippen molar-refractivity contribution >= 4 is 11.8 Å². The summed E-state index contributed by atoms with van der Waals surface area (Å²) < 4.78 is 0. The molecule has 0 fully saturated rings. The second-order valence-corrected chi connectivity index (χ2v) is 5.21. The summed E-state index contributed by atoms with van der Waals surface area (Å²) in [5.74, 6) is -0.147. The molecule has 0 aliphatic rings. The number of primary amides is 1. The first-order valence-electron chi connectivity index (χ1n) is 6.85. The molecule has 0 aliphatic heterocycles. The van der Waals surface area contributed by atoms with Crippen molar-refractivity contribution in [2.45, 2.75) is 26.8 Å². The van der Waals surface area contributed by atoms with Crippen LogP contribution in [0.3, 0.4) is 0 Å². The maximum atomic E-state index is 11.7. The van der Waals surface area contributed by atoms with Crippen LogP contribution in [0.2, 0.25) is 0 Å². The number of nitrogens with one attached hydrogen (secondary N) is 2. The van der Waals surface area contributed by atoms with E-state index in [0.29, 0.717) is 11.5 Å². The molecule has 0 aromatic heterocycles. The van der Waals surface area contributed by atoms with E-state index in [1.165, 1.54) is 0 Å². The van der Waals surface area contributed by atoms with E-state index in [-0.39, 0.29) is 12.5 Å². The smallest absolute Gasteiger partial charge is 0.251 e. The maximum Gasteiger partial charge on any atom is 0.251 e. The monoisotopic (exact) mass is 277 g/mol. The summed E-state index contributed by atoms with van der Waals surface area (Å²) in [6, 6.07) is 7.30. The largest absolute Gasteiger partial charge is 0.368 e. The van der Waals surface area contributed by atoms with Gasteiger partial charge in [0.1, 0.15) is 0 Å². The van der Waals surface area contributed by atoms with Gasteiger partial charge in [-0.2, -0.15) is 0 Å². The van der Waals surface area contributed by atoms with Crippen molar-refractivity contribution in [1.29, 1.82) is 0 Å². The first-order chi connectivity index (χ1) is 9.49. The van der Waals surface area contributed by atoms with Crippen LogP contribution in [0.4, 0.5) is 0 Å². The van der Waals surface area contributed by atoms with Crippen molar-refractivity contribution in [2.24, 2.45) is 11.7 Å². The molecule has 2 amide bonds. The third kappa shape index (κ3) is 6.33. The SMILES string of the molecule is CC(C)CCNCc1ccc(C(=O)NCC(N)=O)cc1. The van der Waals surface area contributed by atoms with Gasteiger partial charge < -0.3 is 16.4 Å². The van der Waals surface area contributed by atoms with Gasteiger partial charge >= 0.3 is 0 Å². The Morgan fingerprint density at radius 3 is 2.40 bits per heavy atom.